The molecule has 0 atom stereocenters. The van der Waals surface area contributed by atoms with Crippen molar-refractivity contribution in [1.29, 1.82) is 0 Å². The van der Waals surface area contributed by atoms with Gasteiger partial charge in [-0.3, -0.25) is 9.69 Å². The first-order valence-electron chi connectivity index (χ1n) is 8.05. The van der Waals surface area contributed by atoms with Gasteiger partial charge in [0.15, 0.2) is 10.8 Å². The normalized spacial score (nSPS) is 16.4. The zero-order valence-corrected chi connectivity index (χ0v) is 15.6. The number of alkyl halides is 3. The van der Waals surface area contributed by atoms with E-state index in [0.717, 1.165) is 17.0 Å². The van der Waals surface area contributed by atoms with Crippen molar-refractivity contribution in [2.24, 2.45) is 0 Å². The van der Waals surface area contributed by atoms with Gasteiger partial charge < -0.3 is 10.0 Å². The third-order valence-corrected chi connectivity index (χ3v) is 4.81. The number of phenolic OH excluding ortho intramolecular Hbond substituents is 1. The minimum atomic E-state index is -4.74. The first-order valence-corrected chi connectivity index (χ1v) is 8.46. The molecule has 28 heavy (non-hydrogen) atoms. The number of hydrogen-bond donors (Lipinski definition) is 1. The number of amides is 1. The second-order valence-corrected chi connectivity index (χ2v) is 7.01. The smallest absolute Gasteiger partial charge is 0.407 e. The van der Waals surface area contributed by atoms with Gasteiger partial charge in [0, 0.05) is 11.4 Å². The number of thiocarbonyl (C=S) groups is 1. The molecule has 0 unspecified atom stereocenters. The van der Waals surface area contributed by atoms with E-state index < -0.39 is 28.9 Å². The summed E-state index contributed by atoms with van der Waals surface area (Å²) in [5, 5.41) is 9.48. The van der Waals surface area contributed by atoms with E-state index in [1.807, 2.05) is 0 Å². The summed E-state index contributed by atoms with van der Waals surface area (Å²) in [6, 6.07) is 9.02. The average Bonchev–Trinajstić information content (AvgIpc) is 2.79. The lowest BCUT2D eigenvalue weighted by Gasteiger charge is -2.29. The van der Waals surface area contributed by atoms with Crippen LogP contribution in [0.3, 0.4) is 0 Å². The highest BCUT2D eigenvalue weighted by atomic mass is 32.1. The summed E-state index contributed by atoms with van der Waals surface area (Å²) < 4.78 is 39.9. The lowest BCUT2D eigenvalue weighted by Crippen LogP contribution is -2.44. The molecule has 0 saturated carbocycles. The zero-order chi connectivity index (χ0) is 20.9. The molecule has 1 fully saturated rings. The number of phenols is 1. The Morgan fingerprint density at radius 1 is 1.11 bits per heavy atom. The Morgan fingerprint density at radius 3 is 2.21 bits per heavy atom. The van der Waals surface area contributed by atoms with Gasteiger partial charge in [-0.2, -0.15) is 13.2 Å². The van der Waals surface area contributed by atoms with Crippen molar-refractivity contribution in [3.8, 4) is 5.75 Å². The van der Waals surface area contributed by atoms with Crippen LogP contribution in [-0.2, 0) is 11.0 Å². The Balaban J connectivity index is 2.11. The molecule has 0 radical (unpaired) electrons. The van der Waals surface area contributed by atoms with E-state index in [9.17, 15) is 23.1 Å². The first kappa shape index (κ1) is 19.6. The minimum Gasteiger partial charge on any atom is -0.508 e. The fourth-order valence-corrected chi connectivity index (χ4v) is 3.57. The van der Waals surface area contributed by atoms with Crippen molar-refractivity contribution in [2.75, 3.05) is 9.80 Å². The maximum absolute atomic E-state index is 13.3. The molecule has 0 aliphatic carbocycles. The number of hydrogen-bond acceptors (Lipinski definition) is 3. The van der Waals surface area contributed by atoms with Crippen molar-refractivity contribution < 1.29 is 23.1 Å². The summed E-state index contributed by atoms with van der Waals surface area (Å²) >= 11 is 5.41. The van der Waals surface area contributed by atoms with E-state index in [-0.39, 0.29) is 16.5 Å². The van der Waals surface area contributed by atoms with Crippen LogP contribution in [-0.4, -0.2) is 21.7 Å². The largest absolute Gasteiger partial charge is 0.508 e. The van der Waals surface area contributed by atoms with Crippen molar-refractivity contribution in [2.45, 2.75) is 25.6 Å². The summed E-state index contributed by atoms with van der Waals surface area (Å²) in [4.78, 5) is 18.5. The SMILES string of the molecule is [C-]#[N+]c1ccc(N2C(=O)C(C)(C)N(c3ccc(O)cc3)C2=S)cc1C(F)(F)F. The number of benzene rings is 2. The van der Waals surface area contributed by atoms with Gasteiger partial charge in [0.2, 0.25) is 0 Å². The van der Waals surface area contributed by atoms with Crippen LogP contribution in [0.1, 0.15) is 19.4 Å². The molecule has 9 heteroatoms. The van der Waals surface area contributed by atoms with Gasteiger partial charge in [-0.25, -0.2) is 4.85 Å². The molecule has 1 aliphatic heterocycles. The monoisotopic (exact) mass is 405 g/mol. The number of halogens is 3. The Bertz CT molecular complexity index is 1010. The number of carbonyl (C=O) groups is 1. The van der Waals surface area contributed by atoms with Gasteiger partial charge in [-0.05, 0) is 62.5 Å². The lowest BCUT2D eigenvalue weighted by atomic mass is 10.0. The zero-order valence-electron chi connectivity index (χ0n) is 14.8. The molecular weight excluding hydrogens is 391 g/mol. The molecule has 1 aliphatic rings. The van der Waals surface area contributed by atoms with E-state index in [2.05, 4.69) is 4.85 Å². The Labute approximate surface area is 164 Å². The van der Waals surface area contributed by atoms with Crippen LogP contribution in [0.15, 0.2) is 42.5 Å². The molecule has 1 amide bonds. The van der Waals surface area contributed by atoms with Gasteiger partial charge in [-0.1, -0.05) is 6.07 Å². The fraction of sp³-hybridized carbons (Fsp3) is 0.211. The quantitative estimate of drug-likeness (QED) is 0.572. The van der Waals surface area contributed by atoms with Gasteiger partial charge in [0.1, 0.15) is 11.3 Å². The highest BCUT2D eigenvalue weighted by molar-refractivity contribution is 7.81. The molecule has 0 spiro atoms. The van der Waals surface area contributed by atoms with Gasteiger partial charge in [0.25, 0.3) is 5.91 Å². The Hall–Kier alpha value is -3.12. The van der Waals surface area contributed by atoms with Gasteiger partial charge in [0.05, 0.1) is 12.1 Å². The molecule has 0 bridgehead atoms. The second-order valence-electron chi connectivity index (χ2n) is 6.64. The van der Waals surface area contributed by atoms with Crippen molar-refractivity contribution in [1.82, 2.24) is 0 Å². The third-order valence-electron chi connectivity index (χ3n) is 4.44. The lowest BCUT2D eigenvalue weighted by molar-refractivity contribution is -0.136. The molecule has 1 heterocycles. The minimum absolute atomic E-state index is 0.00405. The van der Waals surface area contributed by atoms with E-state index in [1.54, 1.807) is 26.0 Å². The Morgan fingerprint density at radius 2 is 1.68 bits per heavy atom. The molecule has 5 nitrogen and oxygen atoms in total. The van der Waals surface area contributed by atoms with Crippen molar-refractivity contribution >= 4 is 40.3 Å². The fourth-order valence-electron chi connectivity index (χ4n) is 3.05. The average molecular weight is 405 g/mol. The molecule has 144 valence electrons. The van der Waals surface area contributed by atoms with E-state index in [1.165, 1.54) is 23.1 Å². The van der Waals surface area contributed by atoms with Crippen molar-refractivity contribution in [3.63, 3.8) is 0 Å². The topological polar surface area (TPSA) is 48.1 Å². The van der Waals surface area contributed by atoms with E-state index in [4.69, 9.17) is 18.8 Å². The molecule has 1 N–H and O–H groups in total. The third kappa shape index (κ3) is 3.05. The maximum Gasteiger partial charge on any atom is 0.407 e. The standard InChI is InChI=1S/C19H14F3N3O2S/c1-18(2)16(27)24(17(28)25(18)11-4-7-13(26)8-5-11)12-6-9-15(23-3)14(10-12)19(20,21)22/h4-10,26H,1-2H3. The molecule has 2 aromatic rings. The van der Waals surface area contributed by atoms with Crippen LogP contribution in [0.25, 0.3) is 4.85 Å². The summed E-state index contributed by atoms with van der Waals surface area (Å²) in [7, 11) is 0. The van der Waals surface area contributed by atoms with Crippen molar-refractivity contribution in [3.05, 3.63) is 59.4 Å². The summed E-state index contributed by atoms with van der Waals surface area (Å²) in [5.74, 6) is -0.478. The van der Waals surface area contributed by atoms with Crippen LogP contribution < -0.4 is 9.80 Å². The van der Waals surface area contributed by atoms with Crippen LogP contribution >= 0.6 is 12.2 Å². The predicted octanol–water partition coefficient (Wildman–Crippen LogP) is 4.88. The number of nitrogens with zero attached hydrogens (tertiary/aromatic N) is 3. The summed E-state index contributed by atoms with van der Waals surface area (Å²) in [6.45, 7) is 10.1. The molecule has 3 rings (SSSR count). The van der Waals surface area contributed by atoms with E-state index in [0.29, 0.717) is 5.69 Å². The number of aromatic hydroxyl groups is 1. The number of rotatable bonds is 2. The molecule has 0 aromatic heterocycles. The maximum atomic E-state index is 13.3. The number of anilines is 2. The van der Waals surface area contributed by atoms with Gasteiger partial charge in [-0.15, -0.1) is 0 Å². The van der Waals surface area contributed by atoms with Crippen LogP contribution in [0.2, 0.25) is 0 Å². The van der Waals surface area contributed by atoms with Crippen LogP contribution in [0.5, 0.6) is 5.75 Å². The number of carbonyl (C=O) groups excluding carboxylic acids is 1. The molecule has 1 saturated heterocycles. The highest BCUT2D eigenvalue weighted by Gasteiger charge is 2.50. The molecular formula is C19H14F3N3O2S. The highest BCUT2D eigenvalue weighted by Crippen LogP contribution is 2.42. The summed E-state index contributed by atoms with van der Waals surface area (Å²) in [6.07, 6.45) is -4.74. The van der Waals surface area contributed by atoms with Crippen LogP contribution in [0.4, 0.5) is 30.2 Å². The predicted molar refractivity (Wildman–Crippen MR) is 102 cm³/mol. The van der Waals surface area contributed by atoms with Gasteiger partial charge >= 0.3 is 6.18 Å². The van der Waals surface area contributed by atoms with Crippen LogP contribution in [0, 0.1) is 6.57 Å². The van der Waals surface area contributed by atoms with E-state index >= 15 is 0 Å². The molecule has 2 aromatic carbocycles. The second kappa shape index (κ2) is 6.49. The Kier molecular flexibility index (Phi) is 4.55. The summed E-state index contributed by atoms with van der Waals surface area (Å²) in [5.41, 5.74) is -2.40. The first-order chi connectivity index (χ1) is 13.0.